The van der Waals surface area contributed by atoms with Crippen molar-refractivity contribution in [3.8, 4) is 5.75 Å². The third-order valence-electron chi connectivity index (χ3n) is 3.78. The molecule has 0 aromatic carbocycles. The van der Waals surface area contributed by atoms with Crippen molar-refractivity contribution in [1.82, 2.24) is 10.3 Å². The third kappa shape index (κ3) is 3.60. The number of hydrogen-bond donors (Lipinski definition) is 1. The molecule has 0 spiro atoms. The van der Waals surface area contributed by atoms with E-state index >= 15 is 0 Å². The summed E-state index contributed by atoms with van der Waals surface area (Å²) in [7, 11) is 1.71. The predicted molar refractivity (Wildman–Crippen MR) is 79.1 cm³/mol. The van der Waals surface area contributed by atoms with Crippen molar-refractivity contribution in [1.29, 1.82) is 0 Å². The maximum Gasteiger partial charge on any atom is 0.160 e. The van der Waals surface area contributed by atoms with E-state index in [9.17, 15) is 0 Å². The Morgan fingerprint density at radius 1 is 1.47 bits per heavy atom. The molecule has 1 fully saturated rings. The molecular formula is C15H25N3O. The van der Waals surface area contributed by atoms with E-state index in [2.05, 4.69) is 28.2 Å². The van der Waals surface area contributed by atoms with Gasteiger partial charge in [-0.05, 0) is 39.3 Å². The molecule has 1 unspecified atom stereocenters. The molecule has 0 aliphatic carbocycles. The van der Waals surface area contributed by atoms with Crippen LogP contribution in [0.4, 0.5) is 5.69 Å². The minimum absolute atomic E-state index is 0.590. The molecular weight excluding hydrogens is 238 g/mol. The minimum Gasteiger partial charge on any atom is -0.493 e. The van der Waals surface area contributed by atoms with Crippen LogP contribution in [0.2, 0.25) is 0 Å². The van der Waals surface area contributed by atoms with Gasteiger partial charge in [-0.1, -0.05) is 6.42 Å². The SMILES string of the molecule is CCN(CC1CCCCN1)c1cc(C)ncc1OC. The van der Waals surface area contributed by atoms with Gasteiger partial charge in [-0.25, -0.2) is 0 Å². The van der Waals surface area contributed by atoms with Crippen molar-refractivity contribution in [2.75, 3.05) is 31.6 Å². The highest BCUT2D eigenvalue weighted by Crippen LogP contribution is 2.28. The van der Waals surface area contributed by atoms with E-state index in [1.54, 1.807) is 7.11 Å². The molecule has 106 valence electrons. The Hall–Kier alpha value is -1.29. The molecule has 1 aromatic rings. The summed E-state index contributed by atoms with van der Waals surface area (Å²) in [4.78, 5) is 6.69. The summed E-state index contributed by atoms with van der Waals surface area (Å²) in [5.41, 5.74) is 2.19. The first kappa shape index (κ1) is 14.1. The summed E-state index contributed by atoms with van der Waals surface area (Å²) in [5, 5.41) is 3.61. The zero-order valence-corrected chi connectivity index (χ0v) is 12.3. The quantitative estimate of drug-likeness (QED) is 0.885. The average molecular weight is 263 g/mol. The standard InChI is InChI=1S/C15H25N3O/c1-4-18(11-13-7-5-6-8-16-13)14-9-12(2)17-10-15(14)19-3/h9-10,13,16H,4-8,11H2,1-3H3. The van der Waals surface area contributed by atoms with Gasteiger partial charge in [-0.3, -0.25) is 4.98 Å². The van der Waals surface area contributed by atoms with Gasteiger partial charge in [0.2, 0.25) is 0 Å². The first-order valence-electron chi connectivity index (χ1n) is 7.23. The van der Waals surface area contributed by atoms with E-state index < -0.39 is 0 Å². The van der Waals surface area contributed by atoms with Crippen LogP contribution in [0.3, 0.4) is 0 Å². The van der Waals surface area contributed by atoms with Crippen molar-refractivity contribution in [2.45, 2.75) is 39.2 Å². The molecule has 1 aliphatic heterocycles. The van der Waals surface area contributed by atoms with Crippen LogP contribution in [-0.2, 0) is 0 Å². The smallest absolute Gasteiger partial charge is 0.160 e. The summed E-state index contributed by atoms with van der Waals surface area (Å²) in [5.74, 6) is 0.864. The lowest BCUT2D eigenvalue weighted by molar-refractivity contribution is 0.393. The van der Waals surface area contributed by atoms with Gasteiger partial charge in [-0.2, -0.15) is 0 Å². The van der Waals surface area contributed by atoms with Crippen LogP contribution in [0.1, 0.15) is 31.9 Å². The van der Waals surface area contributed by atoms with Crippen LogP contribution in [0.15, 0.2) is 12.3 Å². The number of rotatable bonds is 5. The Labute approximate surface area is 116 Å². The third-order valence-corrected chi connectivity index (χ3v) is 3.78. The Morgan fingerprint density at radius 3 is 2.95 bits per heavy atom. The van der Waals surface area contributed by atoms with Crippen molar-refractivity contribution >= 4 is 5.69 Å². The molecule has 0 saturated carbocycles. The van der Waals surface area contributed by atoms with Crippen molar-refractivity contribution in [3.63, 3.8) is 0 Å². The fraction of sp³-hybridized carbons (Fsp3) is 0.667. The topological polar surface area (TPSA) is 37.4 Å². The van der Waals surface area contributed by atoms with Gasteiger partial charge in [0.05, 0.1) is 19.0 Å². The second kappa shape index (κ2) is 6.75. The van der Waals surface area contributed by atoms with Gasteiger partial charge < -0.3 is 15.0 Å². The maximum absolute atomic E-state index is 5.45. The number of aryl methyl sites for hydroxylation is 1. The lowest BCUT2D eigenvalue weighted by atomic mass is 10.0. The predicted octanol–water partition coefficient (Wildman–Crippen LogP) is 2.37. The molecule has 19 heavy (non-hydrogen) atoms. The van der Waals surface area contributed by atoms with Crippen LogP contribution < -0.4 is 15.0 Å². The van der Waals surface area contributed by atoms with E-state index in [1.807, 2.05) is 13.1 Å². The number of anilines is 1. The molecule has 4 nitrogen and oxygen atoms in total. The highest BCUT2D eigenvalue weighted by Gasteiger charge is 2.18. The van der Waals surface area contributed by atoms with Crippen LogP contribution >= 0.6 is 0 Å². The van der Waals surface area contributed by atoms with Crippen LogP contribution in [0.25, 0.3) is 0 Å². The molecule has 2 rings (SSSR count). The Balaban J connectivity index is 2.13. The monoisotopic (exact) mass is 263 g/mol. The number of hydrogen-bond acceptors (Lipinski definition) is 4. The second-order valence-electron chi connectivity index (χ2n) is 5.18. The van der Waals surface area contributed by atoms with Crippen molar-refractivity contribution in [2.24, 2.45) is 0 Å². The van der Waals surface area contributed by atoms with Gasteiger partial charge in [0, 0.05) is 24.8 Å². The number of ether oxygens (including phenoxy) is 1. The molecule has 0 amide bonds. The lowest BCUT2D eigenvalue weighted by Gasteiger charge is -2.32. The van der Waals surface area contributed by atoms with E-state index in [1.165, 1.54) is 19.3 Å². The van der Waals surface area contributed by atoms with Crippen LogP contribution in [-0.4, -0.2) is 37.8 Å². The highest BCUT2D eigenvalue weighted by molar-refractivity contribution is 5.58. The molecule has 2 heterocycles. The largest absolute Gasteiger partial charge is 0.493 e. The summed E-state index contributed by atoms with van der Waals surface area (Å²) in [6, 6.07) is 2.71. The van der Waals surface area contributed by atoms with E-state index in [4.69, 9.17) is 4.74 Å². The van der Waals surface area contributed by atoms with Gasteiger partial charge in [0.15, 0.2) is 5.75 Å². The normalized spacial score (nSPS) is 19.2. The van der Waals surface area contributed by atoms with Crippen molar-refractivity contribution < 1.29 is 4.74 Å². The molecule has 1 N–H and O–H groups in total. The van der Waals surface area contributed by atoms with E-state index in [0.29, 0.717) is 6.04 Å². The average Bonchev–Trinajstić information content (AvgIpc) is 2.46. The Morgan fingerprint density at radius 2 is 2.32 bits per heavy atom. The first-order valence-corrected chi connectivity index (χ1v) is 7.23. The molecule has 1 saturated heterocycles. The number of piperidine rings is 1. The number of nitrogens with zero attached hydrogens (tertiary/aromatic N) is 2. The summed E-state index contributed by atoms with van der Waals surface area (Å²) >= 11 is 0. The molecule has 1 atom stereocenters. The molecule has 4 heteroatoms. The fourth-order valence-corrected chi connectivity index (χ4v) is 2.68. The van der Waals surface area contributed by atoms with Gasteiger partial charge in [0.25, 0.3) is 0 Å². The zero-order chi connectivity index (χ0) is 13.7. The highest BCUT2D eigenvalue weighted by atomic mass is 16.5. The van der Waals surface area contributed by atoms with Gasteiger partial charge in [0.1, 0.15) is 0 Å². The summed E-state index contributed by atoms with van der Waals surface area (Å²) in [6.07, 6.45) is 5.73. The van der Waals surface area contributed by atoms with Crippen molar-refractivity contribution in [3.05, 3.63) is 18.0 Å². The summed E-state index contributed by atoms with van der Waals surface area (Å²) < 4.78 is 5.45. The molecule has 1 aromatic heterocycles. The van der Waals surface area contributed by atoms with Gasteiger partial charge >= 0.3 is 0 Å². The lowest BCUT2D eigenvalue weighted by Crippen LogP contribution is -2.43. The Kier molecular flexibility index (Phi) is 5.02. The fourth-order valence-electron chi connectivity index (χ4n) is 2.68. The number of methoxy groups -OCH3 is 1. The van der Waals surface area contributed by atoms with E-state index in [-0.39, 0.29) is 0 Å². The summed E-state index contributed by atoms with van der Waals surface area (Å²) in [6.45, 7) is 7.39. The minimum atomic E-state index is 0.590. The number of aromatic nitrogens is 1. The molecule has 0 bridgehead atoms. The van der Waals surface area contributed by atoms with E-state index in [0.717, 1.165) is 36.8 Å². The Bertz CT molecular complexity index is 402. The molecule has 1 aliphatic rings. The zero-order valence-electron chi connectivity index (χ0n) is 12.3. The van der Waals surface area contributed by atoms with Crippen LogP contribution in [0, 0.1) is 6.92 Å². The van der Waals surface area contributed by atoms with Crippen LogP contribution in [0.5, 0.6) is 5.75 Å². The number of pyridine rings is 1. The number of nitrogens with one attached hydrogen (secondary N) is 1. The molecule has 0 radical (unpaired) electrons. The van der Waals surface area contributed by atoms with Gasteiger partial charge in [-0.15, -0.1) is 0 Å². The maximum atomic E-state index is 5.45. The second-order valence-corrected chi connectivity index (χ2v) is 5.18. The number of likely N-dealkylation sites (N-methyl/N-ethyl adjacent to an activating group) is 1. The first-order chi connectivity index (χ1) is 9.24.